The molecule has 1 aromatic heterocycles. The van der Waals surface area contributed by atoms with E-state index in [0.717, 1.165) is 23.1 Å². The van der Waals surface area contributed by atoms with E-state index in [4.69, 9.17) is 0 Å². The number of methoxy groups -OCH3 is 1. The average molecular weight is 308 g/mol. The lowest BCUT2D eigenvalue weighted by molar-refractivity contribution is -0.140. The third kappa shape index (κ3) is 4.01. The van der Waals surface area contributed by atoms with Gasteiger partial charge in [-0.25, -0.2) is 9.37 Å². The second kappa shape index (κ2) is 7.17. The third-order valence-corrected chi connectivity index (χ3v) is 3.95. The summed E-state index contributed by atoms with van der Waals surface area (Å²) in [6.07, 6.45) is 0.881. The van der Waals surface area contributed by atoms with Gasteiger partial charge in [0.15, 0.2) is 5.13 Å². The molecule has 0 amide bonds. The molecule has 2 rings (SSSR count). The van der Waals surface area contributed by atoms with Crippen LogP contribution in [0.1, 0.15) is 19.0 Å². The molecule has 0 atom stereocenters. The summed E-state index contributed by atoms with van der Waals surface area (Å²) in [4.78, 5) is 17.7. The van der Waals surface area contributed by atoms with Crippen molar-refractivity contribution in [1.29, 1.82) is 0 Å². The van der Waals surface area contributed by atoms with Crippen LogP contribution in [-0.2, 0) is 16.0 Å². The first-order valence-electron chi connectivity index (χ1n) is 6.68. The van der Waals surface area contributed by atoms with E-state index in [2.05, 4.69) is 9.72 Å². The molecule has 1 aromatic carbocycles. The highest BCUT2D eigenvalue weighted by atomic mass is 32.1. The van der Waals surface area contributed by atoms with Crippen molar-refractivity contribution in [2.75, 3.05) is 18.6 Å². The Labute approximate surface area is 127 Å². The molecular formula is C15H17FN2O2S. The van der Waals surface area contributed by atoms with Crippen molar-refractivity contribution in [3.8, 4) is 0 Å². The Kier molecular flexibility index (Phi) is 5.27. The molecule has 2 aromatic rings. The zero-order valence-corrected chi connectivity index (χ0v) is 12.8. The molecule has 0 spiro atoms. The Hall–Kier alpha value is -1.95. The first kappa shape index (κ1) is 15.4. The summed E-state index contributed by atoms with van der Waals surface area (Å²) < 4.78 is 17.6. The Bertz CT molecular complexity index is 598. The summed E-state index contributed by atoms with van der Waals surface area (Å²) in [5.41, 5.74) is 1.76. The van der Waals surface area contributed by atoms with Crippen LogP contribution < -0.4 is 4.90 Å². The topological polar surface area (TPSA) is 42.4 Å². The number of esters is 1. The van der Waals surface area contributed by atoms with E-state index in [1.54, 1.807) is 12.1 Å². The van der Waals surface area contributed by atoms with Gasteiger partial charge in [0.2, 0.25) is 0 Å². The minimum atomic E-state index is -0.257. The molecule has 0 N–H and O–H groups in total. The largest absolute Gasteiger partial charge is 0.469 e. The minimum Gasteiger partial charge on any atom is -0.469 e. The number of thiazole rings is 1. The van der Waals surface area contributed by atoms with Gasteiger partial charge in [-0.1, -0.05) is 0 Å². The van der Waals surface area contributed by atoms with Crippen molar-refractivity contribution in [2.45, 2.75) is 19.8 Å². The first-order chi connectivity index (χ1) is 10.1. The molecule has 6 heteroatoms. The van der Waals surface area contributed by atoms with Gasteiger partial charge >= 0.3 is 5.97 Å². The second-order valence-electron chi connectivity index (χ2n) is 4.42. The fourth-order valence-electron chi connectivity index (χ4n) is 1.92. The molecule has 0 saturated carbocycles. The van der Waals surface area contributed by atoms with Crippen molar-refractivity contribution < 1.29 is 13.9 Å². The van der Waals surface area contributed by atoms with Crippen molar-refractivity contribution in [3.63, 3.8) is 0 Å². The number of benzene rings is 1. The third-order valence-electron chi connectivity index (χ3n) is 3.04. The fourth-order valence-corrected chi connectivity index (χ4v) is 2.86. The number of aromatic nitrogens is 1. The Morgan fingerprint density at radius 3 is 2.71 bits per heavy atom. The highest BCUT2D eigenvalue weighted by Gasteiger charge is 2.12. The number of rotatable bonds is 6. The number of nitrogens with zero attached hydrogens (tertiary/aromatic N) is 2. The number of aryl methyl sites for hydroxylation is 1. The number of hydrogen-bond acceptors (Lipinski definition) is 5. The van der Waals surface area contributed by atoms with E-state index in [9.17, 15) is 9.18 Å². The van der Waals surface area contributed by atoms with Gasteiger partial charge < -0.3 is 9.64 Å². The SMILES string of the molecule is CCN(c1ccc(F)cc1)c1nc(CCC(=O)OC)cs1. The van der Waals surface area contributed by atoms with Crippen LogP contribution in [0, 0.1) is 5.82 Å². The van der Waals surface area contributed by atoms with Gasteiger partial charge in [0, 0.05) is 24.0 Å². The van der Waals surface area contributed by atoms with Crippen LogP contribution in [0.5, 0.6) is 0 Å². The molecule has 0 bridgehead atoms. The summed E-state index contributed by atoms with van der Waals surface area (Å²) in [5.74, 6) is -0.497. The van der Waals surface area contributed by atoms with Crippen LogP contribution in [0.3, 0.4) is 0 Å². The van der Waals surface area contributed by atoms with Gasteiger partial charge in [0.1, 0.15) is 5.82 Å². The lowest BCUT2D eigenvalue weighted by atomic mass is 10.2. The number of ether oxygens (including phenoxy) is 1. The van der Waals surface area contributed by atoms with Gasteiger partial charge in [0.25, 0.3) is 0 Å². The summed E-state index contributed by atoms with van der Waals surface area (Å²) in [6.45, 7) is 2.74. The number of carbonyl (C=O) groups excluding carboxylic acids is 1. The van der Waals surface area contributed by atoms with Crippen LogP contribution in [0.25, 0.3) is 0 Å². The van der Waals surface area contributed by atoms with Gasteiger partial charge in [-0.05, 0) is 31.2 Å². The summed E-state index contributed by atoms with van der Waals surface area (Å²) >= 11 is 1.51. The first-order valence-corrected chi connectivity index (χ1v) is 7.56. The zero-order valence-electron chi connectivity index (χ0n) is 12.0. The smallest absolute Gasteiger partial charge is 0.305 e. The molecule has 1 heterocycles. The summed E-state index contributed by atoms with van der Waals surface area (Å²) in [5, 5.41) is 2.77. The van der Waals surface area contributed by atoms with Crippen LogP contribution in [-0.4, -0.2) is 24.6 Å². The van der Waals surface area contributed by atoms with Crippen LogP contribution in [0.15, 0.2) is 29.6 Å². The van der Waals surface area contributed by atoms with Crippen molar-refractivity contribution in [1.82, 2.24) is 4.98 Å². The molecule has 0 aliphatic rings. The van der Waals surface area contributed by atoms with E-state index in [0.29, 0.717) is 12.8 Å². The fraction of sp³-hybridized carbons (Fsp3) is 0.333. The van der Waals surface area contributed by atoms with Crippen molar-refractivity contribution >= 4 is 28.1 Å². The van der Waals surface area contributed by atoms with Crippen LogP contribution in [0.4, 0.5) is 15.2 Å². The standard InChI is InChI=1S/C15H17FN2O2S/c1-3-18(13-7-4-11(16)5-8-13)15-17-12(10-21-15)6-9-14(19)20-2/h4-5,7-8,10H,3,6,9H2,1-2H3. The highest BCUT2D eigenvalue weighted by molar-refractivity contribution is 7.13. The lowest BCUT2D eigenvalue weighted by Crippen LogP contribution is -2.15. The molecule has 0 aliphatic carbocycles. The maximum absolute atomic E-state index is 13.0. The molecule has 0 aliphatic heterocycles. The van der Waals surface area contributed by atoms with E-state index in [1.807, 2.05) is 17.2 Å². The quantitative estimate of drug-likeness (QED) is 0.765. The molecule has 0 saturated heterocycles. The maximum Gasteiger partial charge on any atom is 0.305 e. The molecule has 21 heavy (non-hydrogen) atoms. The van der Waals surface area contributed by atoms with E-state index >= 15 is 0 Å². The monoisotopic (exact) mass is 308 g/mol. The van der Waals surface area contributed by atoms with Crippen LogP contribution >= 0.6 is 11.3 Å². The maximum atomic E-state index is 13.0. The van der Waals surface area contributed by atoms with E-state index in [-0.39, 0.29) is 11.8 Å². The highest BCUT2D eigenvalue weighted by Crippen LogP contribution is 2.28. The van der Waals surface area contributed by atoms with Crippen molar-refractivity contribution in [3.05, 3.63) is 41.2 Å². The van der Waals surface area contributed by atoms with Crippen LogP contribution in [0.2, 0.25) is 0 Å². The molecule has 4 nitrogen and oxygen atoms in total. The second-order valence-corrected chi connectivity index (χ2v) is 5.25. The van der Waals surface area contributed by atoms with E-state index < -0.39 is 0 Å². The average Bonchev–Trinajstić information content (AvgIpc) is 2.96. The normalized spacial score (nSPS) is 10.4. The summed E-state index contributed by atoms with van der Waals surface area (Å²) in [7, 11) is 1.38. The molecule has 0 radical (unpaired) electrons. The number of anilines is 2. The predicted molar refractivity (Wildman–Crippen MR) is 81.5 cm³/mol. The molecule has 0 unspecified atom stereocenters. The molecule has 0 fully saturated rings. The van der Waals surface area contributed by atoms with E-state index in [1.165, 1.54) is 30.6 Å². The molecular weight excluding hydrogens is 291 g/mol. The minimum absolute atomic E-state index is 0.240. The van der Waals surface area contributed by atoms with Gasteiger partial charge in [-0.15, -0.1) is 11.3 Å². The Morgan fingerprint density at radius 1 is 1.38 bits per heavy atom. The van der Waals surface area contributed by atoms with Gasteiger partial charge in [-0.2, -0.15) is 0 Å². The lowest BCUT2D eigenvalue weighted by Gasteiger charge is -2.19. The zero-order chi connectivity index (χ0) is 15.2. The number of hydrogen-bond donors (Lipinski definition) is 0. The predicted octanol–water partition coefficient (Wildman–Crippen LogP) is 3.55. The van der Waals surface area contributed by atoms with Gasteiger partial charge in [-0.3, -0.25) is 4.79 Å². The summed E-state index contributed by atoms with van der Waals surface area (Å²) in [6, 6.07) is 6.33. The van der Waals surface area contributed by atoms with Gasteiger partial charge in [0.05, 0.1) is 19.2 Å². The molecule has 112 valence electrons. The Morgan fingerprint density at radius 2 is 2.10 bits per heavy atom. The number of carbonyl (C=O) groups is 1. The number of halogens is 1. The Balaban J connectivity index is 2.10. The van der Waals surface area contributed by atoms with Crippen molar-refractivity contribution in [2.24, 2.45) is 0 Å².